The van der Waals surface area contributed by atoms with Crippen molar-refractivity contribution in [3.05, 3.63) is 65.0 Å². The van der Waals surface area contributed by atoms with Crippen molar-refractivity contribution in [3.8, 4) is 5.75 Å². The van der Waals surface area contributed by atoms with Gasteiger partial charge in [0.15, 0.2) is 6.29 Å². The molecular weight excluding hydrogens is 291 g/mol. The lowest BCUT2D eigenvalue weighted by atomic mass is 9.84. The van der Waals surface area contributed by atoms with Gasteiger partial charge in [0.05, 0.1) is 5.56 Å². The van der Waals surface area contributed by atoms with Crippen molar-refractivity contribution in [2.24, 2.45) is 0 Å². The van der Waals surface area contributed by atoms with Crippen LogP contribution in [-0.2, 0) is 6.61 Å². The largest absolute Gasteiger partial charge is 0.488 e. The van der Waals surface area contributed by atoms with Crippen molar-refractivity contribution in [1.82, 2.24) is 0 Å². The van der Waals surface area contributed by atoms with E-state index in [1.54, 1.807) is 0 Å². The molecule has 1 aliphatic carbocycles. The summed E-state index contributed by atoms with van der Waals surface area (Å²) in [6.45, 7) is 0.329. The van der Waals surface area contributed by atoms with E-state index in [9.17, 15) is 9.18 Å². The summed E-state index contributed by atoms with van der Waals surface area (Å²) in [5, 5.41) is 0. The second kappa shape index (κ2) is 7.40. The van der Waals surface area contributed by atoms with Crippen LogP contribution in [0.15, 0.2) is 42.5 Å². The molecule has 0 heterocycles. The van der Waals surface area contributed by atoms with Crippen LogP contribution < -0.4 is 4.74 Å². The lowest BCUT2D eigenvalue weighted by Crippen LogP contribution is -2.05. The lowest BCUT2D eigenvalue weighted by molar-refractivity contribution is 0.111. The van der Waals surface area contributed by atoms with Gasteiger partial charge >= 0.3 is 0 Å². The van der Waals surface area contributed by atoms with Crippen molar-refractivity contribution in [2.45, 2.75) is 44.6 Å². The summed E-state index contributed by atoms with van der Waals surface area (Å²) in [5.41, 5.74) is 2.78. The van der Waals surface area contributed by atoms with Gasteiger partial charge in [-0.25, -0.2) is 4.39 Å². The molecule has 2 aromatic rings. The summed E-state index contributed by atoms with van der Waals surface area (Å²) in [6.07, 6.45) is 7.24. The Hall–Kier alpha value is -2.16. The second-order valence-electron chi connectivity index (χ2n) is 6.17. The third-order valence-electron chi connectivity index (χ3n) is 4.55. The molecule has 120 valence electrons. The third kappa shape index (κ3) is 3.98. The molecule has 3 rings (SSSR count). The van der Waals surface area contributed by atoms with Gasteiger partial charge < -0.3 is 4.74 Å². The molecule has 0 saturated heterocycles. The Balaban J connectivity index is 1.64. The zero-order valence-electron chi connectivity index (χ0n) is 13.1. The zero-order chi connectivity index (χ0) is 16.1. The van der Waals surface area contributed by atoms with Crippen LogP contribution in [0.4, 0.5) is 4.39 Å². The van der Waals surface area contributed by atoms with Crippen LogP contribution in [-0.4, -0.2) is 6.29 Å². The van der Waals surface area contributed by atoms with Crippen molar-refractivity contribution < 1.29 is 13.9 Å². The van der Waals surface area contributed by atoms with Crippen LogP contribution in [0.5, 0.6) is 5.75 Å². The fraction of sp³-hybridized carbons (Fsp3) is 0.350. The van der Waals surface area contributed by atoms with Crippen molar-refractivity contribution in [1.29, 1.82) is 0 Å². The zero-order valence-corrected chi connectivity index (χ0v) is 13.1. The van der Waals surface area contributed by atoms with Crippen LogP contribution >= 0.6 is 0 Å². The molecular formula is C20H21FO2. The number of rotatable bonds is 5. The summed E-state index contributed by atoms with van der Waals surface area (Å²) in [5.74, 6) is 0.568. The number of carbonyl (C=O) groups excluding carboxylic acids is 1. The first-order valence-electron chi connectivity index (χ1n) is 8.22. The first-order valence-corrected chi connectivity index (χ1v) is 8.22. The highest BCUT2D eigenvalue weighted by atomic mass is 19.1. The monoisotopic (exact) mass is 312 g/mol. The first kappa shape index (κ1) is 15.7. The minimum absolute atomic E-state index is 0.288. The Morgan fingerprint density at radius 2 is 1.78 bits per heavy atom. The predicted molar refractivity (Wildman–Crippen MR) is 88.4 cm³/mol. The van der Waals surface area contributed by atoms with Gasteiger partial charge in [-0.3, -0.25) is 4.79 Å². The number of benzene rings is 2. The Morgan fingerprint density at radius 3 is 2.48 bits per heavy atom. The Bertz CT molecular complexity index is 658. The van der Waals surface area contributed by atoms with Crippen molar-refractivity contribution >= 4 is 6.29 Å². The van der Waals surface area contributed by atoms with Crippen molar-refractivity contribution in [3.63, 3.8) is 0 Å². The van der Waals surface area contributed by atoms with Gasteiger partial charge in [-0.05, 0) is 42.0 Å². The second-order valence-corrected chi connectivity index (χ2v) is 6.17. The van der Waals surface area contributed by atoms with E-state index >= 15 is 0 Å². The smallest absolute Gasteiger partial charge is 0.153 e. The van der Waals surface area contributed by atoms with E-state index in [0.29, 0.717) is 24.4 Å². The fourth-order valence-corrected chi connectivity index (χ4v) is 3.21. The first-order chi connectivity index (χ1) is 11.3. The molecule has 1 fully saturated rings. The molecule has 0 N–H and O–H groups in total. The SMILES string of the molecule is O=Cc1ccc(F)cc1OCc1ccc(C2CCCCC2)cc1. The molecule has 1 saturated carbocycles. The fourth-order valence-electron chi connectivity index (χ4n) is 3.21. The maximum atomic E-state index is 13.3. The summed E-state index contributed by atoms with van der Waals surface area (Å²) in [4.78, 5) is 11.0. The number of ether oxygens (including phenoxy) is 1. The molecule has 0 unspecified atom stereocenters. The molecule has 2 nitrogen and oxygen atoms in total. The minimum atomic E-state index is -0.404. The van der Waals surface area contributed by atoms with E-state index in [2.05, 4.69) is 24.3 Å². The van der Waals surface area contributed by atoms with E-state index in [4.69, 9.17) is 4.74 Å². The van der Waals surface area contributed by atoms with E-state index in [0.717, 1.165) is 5.56 Å². The molecule has 23 heavy (non-hydrogen) atoms. The number of aldehydes is 1. The molecule has 1 aliphatic rings. The molecule has 0 aromatic heterocycles. The molecule has 0 radical (unpaired) electrons. The van der Waals surface area contributed by atoms with Crippen LogP contribution in [0.3, 0.4) is 0 Å². The lowest BCUT2D eigenvalue weighted by Gasteiger charge is -2.22. The molecule has 0 amide bonds. The van der Waals surface area contributed by atoms with Crippen LogP contribution in [0.25, 0.3) is 0 Å². The number of hydrogen-bond acceptors (Lipinski definition) is 2. The molecule has 0 bridgehead atoms. The predicted octanol–water partition coefficient (Wildman–Crippen LogP) is 5.26. The summed E-state index contributed by atoms with van der Waals surface area (Å²) in [7, 11) is 0. The highest BCUT2D eigenvalue weighted by Crippen LogP contribution is 2.32. The van der Waals surface area contributed by atoms with E-state index in [1.165, 1.54) is 55.9 Å². The third-order valence-corrected chi connectivity index (χ3v) is 4.55. The van der Waals surface area contributed by atoms with Gasteiger partial charge in [0.25, 0.3) is 0 Å². The standard InChI is InChI=1S/C20H21FO2/c21-19-11-10-18(13-22)20(12-19)23-14-15-6-8-17(9-7-15)16-4-2-1-3-5-16/h6-13,16H,1-5,14H2. The van der Waals surface area contributed by atoms with Crippen molar-refractivity contribution in [2.75, 3.05) is 0 Å². The Morgan fingerprint density at radius 1 is 1.04 bits per heavy atom. The summed E-state index contributed by atoms with van der Waals surface area (Å²) >= 11 is 0. The van der Waals surface area contributed by atoms with E-state index in [-0.39, 0.29) is 5.75 Å². The summed E-state index contributed by atoms with van der Waals surface area (Å²) < 4.78 is 18.9. The number of halogens is 1. The van der Waals surface area contributed by atoms with Gasteiger partial charge in [0, 0.05) is 6.07 Å². The van der Waals surface area contributed by atoms with Gasteiger partial charge in [0.1, 0.15) is 18.2 Å². The molecule has 3 heteroatoms. The molecule has 2 aromatic carbocycles. The number of carbonyl (C=O) groups is 1. The molecule has 0 aliphatic heterocycles. The Labute approximate surface area is 136 Å². The maximum Gasteiger partial charge on any atom is 0.153 e. The summed E-state index contributed by atoms with van der Waals surface area (Å²) in [6, 6.07) is 12.4. The normalized spacial score (nSPS) is 15.3. The van der Waals surface area contributed by atoms with E-state index < -0.39 is 5.82 Å². The molecule has 0 atom stereocenters. The highest BCUT2D eigenvalue weighted by molar-refractivity contribution is 5.79. The van der Waals surface area contributed by atoms with Crippen LogP contribution in [0.1, 0.15) is 59.5 Å². The topological polar surface area (TPSA) is 26.3 Å². The van der Waals surface area contributed by atoms with Gasteiger partial charge in [-0.1, -0.05) is 43.5 Å². The van der Waals surface area contributed by atoms with E-state index in [1.807, 2.05) is 0 Å². The van der Waals surface area contributed by atoms with Gasteiger partial charge in [-0.15, -0.1) is 0 Å². The quantitative estimate of drug-likeness (QED) is 0.703. The van der Waals surface area contributed by atoms with Crippen LogP contribution in [0.2, 0.25) is 0 Å². The molecule has 0 spiro atoms. The number of hydrogen-bond donors (Lipinski definition) is 0. The average Bonchev–Trinajstić information content (AvgIpc) is 2.61. The maximum absolute atomic E-state index is 13.3. The van der Waals surface area contributed by atoms with Gasteiger partial charge in [0.2, 0.25) is 0 Å². The average molecular weight is 312 g/mol. The Kier molecular flexibility index (Phi) is 5.06. The van der Waals surface area contributed by atoms with Crippen LogP contribution in [0, 0.1) is 5.82 Å². The minimum Gasteiger partial charge on any atom is -0.488 e. The van der Waals surface area contributed by atoms with Gasteiger partial charge in [-0.2, -0.15) is 0 Å². The highest BCUT2D eigenvalue weighted by Gasteiger charge is 2.15.